The Kier molecular flexibility index (Phi) is 4.83. The third-order valence-electron chi connectivity index (χ3n) is 3.92. The highest BCUT2D eigenvalue weighted by Crippen LogP contribution is 2.16. The lowest BCUT2D eigenvalue weighted by Gasteiger charge is -2.29. The third-order valence-corrected chi connectivity index (χ3v) is 3.92. The van der Waals surface area contributed by atoms with Crippen LogP contribution in [0.15, 0.2) is 18.2 Å². The molecule has 0 saturated carbocycles. The van der Waals surface area contributed by atoms with Crippen LogP contribution in [0.1, 0.15) is 42.1 Å². The molecule has 114 valence electrons. The number of piperidine rings is 1. The Morgan fingerprint density at radius 2 is 1.90 bits per heavy atom. The Bertz CT molecular complexity index is 516. The van der Waals surface area contributed by atoms with Crippen molar-refractivity contribution in [1.82, 2.24) is 10.2 Å². The van der Waals surface area contributed by atoms with Crippen LogP contribution in [0.3, 0.4) is 0 Å². The molecule has 1 heterocycles. The van der Waals surface area contributed by atoms with Crippen LogP contribution >= 0.6 is 0 Å². The van der Waals surface area contributed by atoms with Crippen LogP contribution in [0, 0.1) is 6.92 Å². The maximum absolute atomic E-state index is 12.3. The van der Waals surface area contributed by atoms with Gasteiger partial charge in [0.1, 0.15) is 6.04 Å². The molecule has 0 spiro atoms. The Hall–Kier alpha value is -2.04. The van der Waals surface area contributed by atoms with Gasteiger partial charge < -0.3 is 16.0 Å². The molecule has 1 aromatic rings. The summed E-state index contributed by atoms with van der Waals surface area (Å²) in [4.78, 5) is 26.5. The molecule has 0 aliphatic carbocycles. The third kappa shape index (κ3) is 3.54. The summed E-state index contributed by atoms with van der Waals surface area (Å²) in [6.07, 6.45) is 3.25. The van der Waals surface area contributed by atoms with Crippen molar-refractivity contribution in [1.29, 1.82) is 0 Å². The molecule has 1 aromatic carbocycles. The number of anilines is 1. The first-order valence-electron chi connectivity index (χ1n) is 7.45. The smallest absolute Gasteiger partial charge is 0.254 e. The van der Waals surface area contributed by atoms with E-state index in [4.69, 9.17) is 5.73 Å². The highest BCUT2D eigenvalue weighted by molar-refractivity contribution is 6.02. The lowest BCUT2D eigenvalue weighted by Crippen LogP contribution is -2.48. The minimum atomic E-state index is -0.533. The normalized spacial score (nSPS) is 16.4. The number of rotatable bonds is 3. The molecule has 0 aromatic heterocycles. The fourth-order valence-electron chi connectivity index (χ4n) is 2.72. The molecule has 2 amide bonds. The number of aryl methyl sites for hydroxylation is 1. The predicted octanol–water partition coefficient (Wildman–Crippen LogP) is 1.71. The average Bonchev–Trinajstić information content (AvgIpc) is 2.47. The highest BCUT2D eigenvalue weighted by Gasteiger charge is 2.24. The number of hydrogen-bond acceptors (Lipinski definition) is 3. The van der Waals surface area contributed by atoms with Gasteiger partial charge in [0.2, 0.25) is 5.91 Å². The molecule has 1 atom stereocenters. The number of carbonyl (C=O) groups excluding carboxylic acids is 2. The molecule has 0 bridgehead atoms. The van der Waals surface area contributed by atoms with Crippen LogP contribution in [0.5, 0.6) is 0 Å². The quantitative estimate of drug-likeness (QED) is 0.832. The molecule has 1 saturated heterocycles. The summed E-state index contributed by atoms with van der Waals surface area (Å²) in [5.74, 6) is -0.307. The van der Waals surface area contributed by atoms with Crippen molar-refractivity contribution in [3.63, 3.8) is 0 Å². The number of nitrogens with one attached hydrogen (secondary N) is 1. The van der Waals surface area contributed by atoms with E-state index in [0.717, 1.165) is 31.5 Å². The van der Waals surface area contributed by atoms with E-state index in [2.05, 4.69) is 5.32 Å². The Balaban J connectivity index is 2.03. The van der Waals surface area contributed by atoms with Crippen LogP contribution in [-0.4, -0.2) is 35.8 Å². The molecule has 2 rings (SSSR count). The maximum Gasteiger partial charge on any atom is 0.254 e. The van der Waals surface area contributed by atoms with Gasteiger partial charge in [-0.1, -0.05) is 12.1 Å². The molecule has 1 unspecified atom stereocenters. The predicted molar refractivity (Wildman–Crippen MR) is 83.0 cm³/mol. The van der Waals surface area contributed by atoms with Crippen molar-refractivity contribution in [2.24, 2.45) is 0 Å². The Labute approximate surface area is 125 Å². The van der Waals surface area contributed by atoms with Gasteiger partial charge in [-0.15, -0.1) is 0 Å². The second-order valence-electron chi connectivity index (χ2n) is 5.62. The number of nitrogens with zero attached hydrogens (tertiary/aromatic N) is 1. The molecule has 1 aliphatic rings. The number of likely N-dealkylation sites (tertiary alicyclic amines) is 1. The minimum Gasteiger partial charge on any atom is -0.398 e. The Morgan fingerprint density at radius 3 is 2.52 bits per heavy atom. The number of amides is 2. The van der Waals surface area contributed by atoms with E-state index >= 15 is 0 Å². The van der Waals surface area contributed by atoms with E-state index in [-0.39, 0.29) is 11.8 Å². The monoisotopic (exact) mass is 289 g/mol. The summed E-state index contributed by atoms with van der Waals surface area (Å²) in [5, 5.41) is 2.76. The number of benzene rings is 1. The van der Waals surface area contributed by atoms with Gasteiger partial charge in [0.05, 0.1) is 5.56 Å². The van der Waals surface area contributed by atoms with Gasteiger partial charge in [0.15, 0.2) is 0 Å². The molecule has 1 fully saturated rings. The summed E-state index contributed by atoms with van der Waals surface area (Å²) in [5.41, 5.74) is 7.56. The van der Waals surface area contributed by atoms with E-state index in [1.54, 1.807) is 13.0 Å². The van der Waals surface area contributed by atoms with Crippen LogP contribution in [0.4, 0.5) is 5.69 Å². The molecule has 5 nitrogen and oxygen atoms in total. The van der Waals surface area contributed by atoms with Crippen LogP contribution in [0.2, 0.25) is 0 Å². The molecule has 21 heavy (non-hydrogen) atoms. The lowest BCUT2D eigenvalue weighted by molar-refractivity contribution is -0.133. The van der Waals surface area contributed by atoms with E-state index in [1.165, 1.54) is 6.42 Å². The zero-order chi connectivity index (χ0) is 15.4. The fraction of sp³-hybridized carbons (Fsp3) is 0.500. The maximum atomic E-state index is 12.3. The molecule has 5 heteroatoms. The largest absolute Gasteiger partial charge is 0.398 e. The zero-order valence-electron chi connectivity index (χ0n) is 12.7. The fourth-order valence-corrected chi connectivity index (χ4v) is 2.72. The average molecular weight is 289 g/mol. The van der Waals surface area contributed by atoms with Crippen molar-refractivity contribution >= 4 is 17.5 Å². The van der Waals surface area contributed by atoms with E-state index in [0.29, 0.717) is 11.3 Å². The summed E-state index contributed by atoms with van der Waals surface area (Å²) >= 11 is 0. The molecule has 0 radical (unpaired) electrons. The highest BCUT2D eigenvalue weighted by atomic mass is 16.2. The first kappa shape index (κ1) is 15.4. The number of nitrogens with two attached hydrogens (primary N) is 1. The minimum absolute atomic E-state index is 0.0183. The van der Waals surface area contributed by atoms with Gasteiger partial charge in [-0.3, -0.25) is 9.59 Å². The SMILES string of the molecule is Cc1cccc(N)c1C(=O)NC(C)C(=O)N1CCCCC1. The molecule has 1 aliphatic heterocycles. The van der Waals surface area contributed by atoms with E-state index in [9.17, 15) is 9.59 Å². The van der Waals surface area contributed by atoms with Gasteiger partial charge in [-0.25, -0.2) is 0 Å². The van der Waals surface area contributed by atoms with E-state index in [1.807, 2.05) is 24.0 Å². The summed E-state index contributed by atoms with van der Waals surface area (Å²) in [6.45, 7) is 5.13. The van der Waals surface area contributed by atoms with Crippen molar-refractivity contribution < 1.29 is 9.59 Å². The van der Waals surface area contributed by atoms with Gasteiger partial charge in [-0.05, 0) is 44.7 Å². The van der Waals surface area contributed by atoms with Crippen molar-refractivity contribution in [2.75, 3.05) is 18.8 Å². The first-order chi connectivity index (χ1) is 10.0. The van der Waals surface area contributed by atoms with Crippen LogP contribution in [0.25, 0.3) is 0 Å². The van der Waals surface area contributed by atoms with Crippen LogP contribution in [-0.2, 0) is 4.79 Å². The number of hydrogen-bond donors (Lipinski definition) is 2. The van der Waals surface area contributed by atoms with Crippen molar-refractivity contribution in [3.05, 3.63) is 29.3 Å². The molecular formula is C16H23N3O2. The van der Waals surface area contributed by atoms with Gasteiger partial charge in [0, 0.05) is 18.8 Å². The summed E-state index contributed by atoms with van der Waals surface area (Å²) in [6, 6.07) is 4.81. The second kappa shape index (κ2) is 6.61. The standard InChI is InChI=1S/C16H23N3O2/c1-11-7-6-8-13(17)14(11)15(20)18-12(2)16(21)19-9-4-3-5-10-19/h6-8,12H,3-5,9-10,17H2,1-2H3,(H,18,20). The topological polar surface area (TPSA) is 75.4 Å². The second-order valence-corrected chi connectivity index (χ2v) is 5.62. The zero-order valence-corrected chi connectivity index (χ0v) is 12.7. The molecule has 3 N–H and O–H groups in total. The van der Waals surface area contributed by atoms with Gasteiger partial charge in [-0.2, -0.15) is 0 Å². The summed E-state index contributed by atoms with van der Waals surface area (Å²) < 4.78 is 0. The number of nitrogen functional groups attached to an aromatic ring is 1. The van der Waals surface area contributed by atoms with Crippen molar-refractivity contribution in [2.45, 2.75) is 39.2 Å². The number of carbonyl (C=O) groups is 2. The Morgan fingerprint density at radius 1 is 1.24 bits per heavy atom. The van der Waals surface area contributed by atoms with Crippen LogP contribution < -0.4 is 11.1 Å². The van der Waals surface area contributed by atoms with E-state index < -0.39 is 6.04 Å². The van der Waals surface area contributed by atoms with Gasteiger partial charge in [0.25, 0.3) is 5.91 Å². The van der Waals surface area contributed by atoms with Gasteiger partial charge >= 0.3 is 0 Å². The summed E-state index contributed by atoms with van der Waals surface area (Å²) in [7, 11) is 0. The lowest BCUT2D eigenvalue weighted by atomic mass is 10.1. The van der Waals surface area contributed by atoms with Crippen molar-refractivity contribution in [3.8, 4) is 0 Å². The molecular weight excluding hydrogens is 266 g/mol. The first-order valence-corrected chi connectivity index (χ1v) is 7.45.